The van der Waals surface area contributed by atoms with Gasteiger partial charge in [0.15, 0.2) is 0 Å². The van der Waals surface area contributed by atoms with Crippen LogP contribution in [0, 0.1) is 0 Å². The lowest BCUT2D eigenvalue weighted by molar-refractivity contribution is 0.538. The molecule has 0 aliphatic carbocycles. The van der Waals surface area contributed by atoms with Crippen LogP contribution in [0.25, 0.3) is 0 Å². The zero-order valence-electron chi connectivity index (χ0n) is 7.91. The van der Waals surface area contributed by atoms with E-state index < -0.39 is 7.80 Å². The number of hydrogen-bond acceptors (Lipinski definition) is 1. The molecule has 0 rings (SSSR count). The van der Waals surface area contributed by atoms with Gasteiger partial charge in [0.1, 0.15) is 0 Å². The second kappa shape index (κ2) is 2.70. The summed E-state index contributed by atoms with van der Waals surface area (Å²) in [6.45, 7) is 12.2. The third-order valence-electron chi connectivity index (χ3n) is 1.36. The van der Waals surface area contributed by atoms with Crippen LogP contribution in [-0.4, -0.2) is 10.3 Å². The van der Waals surface area contributed by atoms with Crippen LogP contribution in [0.3, 0.4) is 0 Å². The van der Waals surface area contributed by atoms with Crippen molar-refractivity contribution in [1.29, 1.82) is 0 Å². The Hall–Kier alpha value is 0.230. The summed E-state index contributed by atoms with van der Waals surface area (Å²) in [7, 11) is -1.47. The van der Waals surface area contributed by atoms with Gasteiger partial charge in [-0.1, -0.05) is 41.5 Å². The Morgan fingerprint density at radius 3 is 1.00 bits per heavy atom. The maximum atomic E-state index is 11.7. The number of rotatable bonds is 0. The summed E-state index contributed by atoms with van der Waals surface area (Å²) in [5.41, 5.74) is 0. The minimum atomic E-state index is -1.47. The van der Waals surface area contributed by atoms with Gasteiger partial charge in [-0.25, -0.2) is 0 Å². The lowest BCUT2D eigenvalue weighted by Crippen LogP contribution is -2.20. The van der Waals surface area contributed by atoms with Crippen molar-refractivity contribution >= 4 is 7.80 Å². The predicted molar refractivity (Wildman–Crippen MR) is 48.5 cm³/mol. The van der Waals surface area contributed by atoms with Crippen LogP contribution >= 0.6 is 7.80 Å². The molecule has 0 saturated heterocycles. The molecule has 0 heterocycles. The molecule has 0 bridgehead atoms. The Labute approximate surface area is 65.0 Å². The van der Waals surface area contributed by atoms with Gasteiger partial charge in [-0.3, -0.25) is 0 Å². The Kier molecular flexibility index (Phi) is 2.76. The van der Waals surface area contributed by atoms with Crippen LogP contribution in [0.2, 0.25) is 0 Å². The van der Waals surface area contributed by atoms with Crippen molar-refractivity contribution in [3.05, 3.63) is 0 Å². The summed E-state index contributed by atoms with van der Waals surface area (Å²) in [6.07, 6.45) is 0. The molecule has 1 nitrogen and oxygen atoms in total. The van der Waals surface area contributed by atoms with E-state index in [1.54, 1.807) is 0 Å². The van der Waals surface area contributed by atoms with Crippen LogP contribution in [0.5, 0.6) is 0 Å². The quantitative estimate of drug-likeness (QED) is 0.500. The Morgan fingerprint density at radius 2 is 1.00 bits per heavy atom. The highest BCUT2D eigenvalue weighted by Crippen LogP contribution is 2.48. The lowest BCUT2D eigenvalue weighted by atomic mass is 10.2. The van der Waals surface area contributed by atoms with Gasteiger partial charge in [0.2, 0.25) is 0 Å². The summed E-state index contributed by atoms with van der Waals surface area (Å²) < 4.78 is 11.7. The molecule has 0 radical (unpaired) electrons. The molecule has 0 fully saturated rings. The maximum Gasteiger partial charge on any atom is 0.0862 e. The van der Waals surface area contributed by atoms with E-state index in [2.05, 4.69) is 0 Å². The minimum absolute atomic E-state index is 0.0110. The van der Waals surface area contributed by atoms with Gasteiger partial charge in [-0.2, -0.15) is 0 Å². The molecule has 0 aromatic rings. The van der Waals surface area contributed by atoms with Gasteiger partial charge in [-0.05, 0) is 0 Å². The van der Waals surface area contributed by atoms with E-state index in [9.17, 15) is 4.57 Å². The van der Waals surface area contributed by atoms with Crippen LogP contribution in [0.15, 0.2) is 0 Å². The molecule has 0 aromatic heterocycles. The fraction of sp³-hybridized carbons (Fsp3) is 1.00. The highest BCUT2D eigenvalue weighted by Gasteiger charge is 2.29. The fourth-order valence-electron chi connectivity index (χ4n) is 1.12. The molecule has 0 spiro atoms. The first-order valence-electron chi connectivity index (χ1n) is 3.70. The monoisotopic (exact) mass is 162 g/mol. The third kappa shape index (κ3) is 2.88. The van der Waals surface area contributed by atoms with Gasteiger partial charge >= 0.3 is 0 Å². The van der Waals surface area contributed by atoms with Gasteiger partial charge in [-0.15, -0.1) is 0 Å². The molecule has 0 saturated carbocycles. The van der Waals surface area contributed by atoms with E-state index in [4.69, 9.17) is 0 Å². The first-order chi connectivity index (χ1) is 4.15. The van der Waals surface area contributed by atoms with Crippen LogP contribution in [0.1, 0.15) is 41.5 Å². The van der Waals surface area contributed by atoms with E-state index in [1.807, 2.05) is 41.5 Å². The fourth-order valence-corrected chi connectivity index (χ4v) is 3.38. The van der Waals surface area contributed by atoms with Crippen molar-refractivity contribution in [1.82, 2.24) is 0 Å². The molecule has 0 amide bonds. The molecular formula is C8H19OP. The highest BCUT2D eigenvalue weighted by atomic mass is 31.1. The van der Waals surface area contributed by atoms with Crippen LogP contribution in [0.4, 0.5) is 0 Å². The number of hydrogen-bond donors (Lipinski definition) is 0. The zero-order valence-corrected chi connectivity index (χ0v) is 8.91. The topological polar surface area (TPSA) is 17.1 Å². The molecule has 0 atom stereocenters. The molecule has 0 aliphatic rings. The smallest absolute Gasteiger partial charge is 0.0862 e. The summed E-state index contributed by atoms with van der Waals surface area (Å²) in [5.74, 6) is 0. The van der Waals surface area contributed by atoms with E-state index >= 15 is 0 Å². The Morgan fingerprint density at radius 1 is 0.800 bits per heavy atom. The zero-order chi connectivity index (χ0) is 8.58. The van der Waals surface area contributed by atoms with E-state index in [1.165, 1.54) is 0 Å². The molecule has 0 N–H and O–H groups in total. The third-order valence-corrected chi connectivity index (χ3v) is 4.09. The molecule has 10 heavy (non-hydrogen) atoms. The van der Waals surface area contributed by atoms with Crippen molar-refractivity contribution in [2.75, 3.05) is 0 Å². The van der Waals surface area contributed by atoms with E-state index in [-0.39, 0.29) is 10.3 Å². The second-order valence-electron chi connectivity index (χ2n) is 4.83. The molecule has 0 unspecified atom stereocenters. The van der Waals surface area contributed by atoms with Crippen molar-refractivity contribution in [2.24, 2.45) is 0 Å². The Bertz CT molecular complexity index is 120. The molecule has 0 aromatic carbocycles. The summed E-state index contributed by atoms with van der Waals surface area (Å²) in [4.78, 5) is 0. The maximum absolute atomic E-state index is 11.7. The predicted octanol–water partition coefficient (Wildman–Crippen LogP) is 3.14. The summed E-state index contributed by atoms with van der Waals surface area (Å²) in [6, 6.07) is 0. The molecular weight excluding hydrogens is 143 g/mol. The van der Waals surface area contributed by atoms with E-state index in [0.29, 0.717) is 0 Å². The summed E-state index contributed by atoms with van der Waals surface area (Å²) in [5, 5.41) is -0.0220. The first kappa shape index (κ1) is 10.2. The van der Waals surface area contributed by atoms with Crippen LogP contribution < -0.4 is 0 Å². The average molecular weight is 162 g/mol. The van der Waals surface area contributed by atoms with Crippen molar-refractivity contribution in [2.45, 2.75) is 51.9 Å². The van der Waals surface area contributed by atoms with Gasteiger partial charge in [0.05, 0.1) is 7.80 Å². The molecule has 2 heteroatoms. The average Bonchev–Trinajstić information content (AvgIpc) is 1.59. The highest BCUT2D eigenvalue weighted by molar-refractivity contribution is 7.48. The molecule has 0 aliphatic heterocycles. The van der Waals surface area contributed by atoms with E-state index in [0.717, 1.165) is 0 Å². The standard InChI is InChI=1S/C8H19OP/c1-7(2,3)10(9)8(4,5)6/h10H,1-6H3. The normalized spacial score (nSPS) is 14.3. The summed E-state index contributed by atoms with van der Waals surface area (Å²) >= 11 is 0. The minimum Gasteiger partial charge on any atom is -0.326 e. The second-order valence-corrected chi connectivity index (χ2v) is 8.49. The van der Waals surface area contributed by atoms with Gasteiger partial charge < -0.3 is 4.57 Å². The van der Waals surface area contributed by atoms with Gasteiger partial charge in [0.25, 0.3) is 0 Å². The lowest BCUT2D eigenvalue weighted by Gasteiger charge is -2.28. The largest absolute Gasteiger partial charge is 0.326 e. The van der Waals surface area contributed by atoms with Crippen molar-refractivity contribution < 1.29 is 4.57 Å². The Balaban J connectivity index is 4.40. The van der Waals surface area contributed by atoms with Crippen molar-refractivity contribution in [3.63, 3.8) is 0 Å². The van der Waals surface area contributed by atoms with Crippen LogP contribution in [-0.2, 0) is 4.57 Å². The van der Waals surface area contributed by atoms with Crippen molar-refractivity contribution in [3.8, 4) is 0 Å². The SMILES string of the molecule is CC(C)(C)[PH](=O)C(C)(C)C. The first-order valence-corrected chi connectivity index (χ1v) is 5.11. The molecule has 62 valence electrons. The van der Waals surface area contributed by atoms with Gasteiger partial charge in [0, 0.05) is 10.3 Å².